The van der Waals surface area contributed by atoms with Crippen molar-refractivity contribution in [2.45, 2.75) is 19.9 Å². The van der Waals surface area contributed by atoms with E-state index in [1.807, 2.05) is 19.1 Å². The number of ether oxygens (including phenoxy) is 1. The summed E-state index contributed by atoms with van der Waals surface area (Å²) >= 11 is 8.10. The highest BCUT2D eigenvalue weighted by atomic mass is 35.5. The van der Waals surface area contributed by atoms with Gasteiger partial charge in [0, 0.05) is 39.2 Å². The Morgan fingerprint density at radius 2 is 2.27 bits per heavy atom. The molecule has 3 nitrogen and oxygen atoms in total. The zero-order chi connectivity index (χ0) is 15.7. The van der Waals surface area contributed by atoms with Crippen molar-refractivity contribution in [3.05, 3.63) is 39.2 Å². The molecule has 0 fully saturated rings. The minimum Gasteiger partial charge on any atom is -0.463 e. The van der Waals surface area contributed by atoms with Crippen molar-refractivity contribution in [1.82, 2.24) is 4.90 Å². The van der Waals surface area contributed by atoms with Gasteiger partial charge in [-0.3, -0.25) is 0 Å². The van der Waals surface area contributed by atoms with Gasteiger partial charge in [-0.05, 0) is 49.7 Å². The molecule has 1 aliphatic rings. The number of hydrogen-bond acceptors (Lipinski definition) is 4. The summed E-state index contributed by atoms with van der Waals surface area (Å²) in [4.78, 5) is 15.0. The van der Waals surface area contributed by atoms with E-state index in [1.165, 1.54) is 27.3 Å². The molecule has 0 unspecified atom stereocenters. The Morgan fingerprint density at radius 1 is 1.45 bits per heavy atom. The molecule has 116 valence electrons. The molecule has 0 bridgehead atoms. The fourth-order valence-corrected chi connectivity index (χ4v) is 4.24. The minimum atomic E-state index is -0.299. The Kier molecular flexibility index (Phi) is 4.52. The van der Waals surface area contributed by atoms with E-state index in [4.69, 9.17) is 16.3 Å². The van der Waals surface area contributed by atoms with Gasteiger partial charge in [-0.2, -0.15) is 0 Å². The quantitative estimate of drug-likeness (QED) is 0.624. The molecule has 1 aliphatic heterocycles. The van der Waals surface area contributed by atoms with Crippen LogP contribution in [0.2, 0.25) is 5.02 Å². The highest BCUT2D eigenvalue weighted by Crippen LogP contribution is 2.39. The van der Waals surface area contributed by atoms with Crippen LogP contribution < -0.4 is 0 Å². The molecule has 0 atom stereocenters. The number of hydrogen-bond donors (Lipinski definition) is 0. The van der Waals surface area contributed by atoms with Gasteiger partial charge >= 0.3 is 5.97 Å². The molecule has 0 amide bonds. The topological polar surface area (TPSA) is 29.5 Å². The van der Waals surface area contributed by atoms with E-state index in [0.717, 1.165) is 29.4 Å². The number of nitrogens with zero attached hydrogens (tertiary/aromatic N) is 1. The SMILES string of the molecule is CCOC(=O)/C=C/c1sc2ccc(Cl)c3c2c1CN(C)CC3. The lowest BCUT2D eigenvalue weighted by atomic mass is 10.0. The van der Waals surface area contributed by atoms with Crippen LogP contribution >= 0.6 is 22.9 Å². The maximum Gasteiger partial charge on any atom is 0.330 e. The van der Waals surface area contributed by atoms with Gasteiger partial charge in [-0.1, -0.05) is 11.6 Å². The van der Waals surface area contributed by atoms with Gasteiger partial charge in [0.2, 0.25) is 0 Å². The fourth-order valence-electron chi connectivity index (χ4n) is 2.84. The molecule has 1 aromatic heterocycles. The maximum atomic E-state index is 11.6. The predicted molar refractivity (Wildman–Crippen MR) is 92.5 cm³/mol. The monoisotopic (exact) mass is 335 g/mol. The second kappa shape index (κ2) is 6.41. The smallest absolute Gasteiger partial charge is 0.330 e. The van der Waals surface area contributed by atoms with Gasteiger partial charge in [-0.15, -0.1) is 11.3 Å². The molecule has 1 aromatic carbocycles. The lowest BCUT2D eigenvalue weighted by molar-refractivity contribution is -0.137. The first-order chi connectivity index (χ1) is 10.6. The van der Waals surface area contributed by atoms with Gasteiger partial charge < -0.3 is 9.64 Å². The van der Waals surface area contributed by atoms with E-state index in [9.17, 15) is 4.79 Å². The van der Waals surface area contributed by atoms with Crippen molar-refractivity contribution in [1.29, 1.82) is 0 Å². The van der Waals surface area contributed by atoms with Gasteiger partial charge in [0.05, 0.1) is 6.61 Å². The number of rotatable bonds is 3. The summed E-state index contributed by atoms with van der Waals surface area (Å²) in [5.41, 5.74) is 2.49. The van der Waals surface area contributed by atoms with E-state index in [0.29, 0.717) is 6.61 Å². The first-order valence-electron chi connectivity index (χ1n) is 7.36. The van der Waals surface area contributed by atoms with E-state index in [1.54, 1.807) is 11.3 Å². The highest BCUT2D eigenvalue weighted by Gasteiger charge is 2.20. The molecule has 0 saturated carbocycles. The van der Waals surface area contributed by atoms with Gasteiger partial charge in [0.1, 0.15) is 0 Å². The van der Waals surface area contributed by atoms with Crippen LogP contribution in [-0.2, 0) is 22.5 Å². The van der Waals surface area contributed by atoms with Crippen LogP contribution in [0.1, 0.15) is 22.9 Å². The summed E-state index contributed by atoms with van der Waals surface area (Å²) in [6.07, 6.45) is 4.34. The Bertz CT molecular complexity index is 751. The van der Waals surface area contributed by atoms with Crippen LogP contribution in [-0.4, -0.2) is 31.1 Å². The second-order valence-corrected chi connectivity index (χ2v) is 6.91. The lowest BCUT2D eigenvalue weighted by Crippen LogP contribution is -2.18. The van der Waals surface area contributed by atoms with Crippen molar-refractivity contribution in [3.8, 4) is 0 Å². The van der Waals surface area contributed by atoms with Crippen molar-refractivity contribution < 1.29 is 9.53 Å². The van der Waals surface area contributed by atoms with Crippen LogP contribution in [0, 0.1) is 0 Å². The Morgan fingerprint density at radius 3 is 3.05 bits per heavy atom. The summed E-state index contributed by atoms with van der Waals surface area (Å²) in [6, 6.07) is 4.05. The molecule has 0 radical (unpaired) electrons. The summed E-state index contributed by atoms with van der Waals surface area (Å²) in [5, 5.41) is 2.10. The zero-order valence-corrected chi connectivity index (χ0v) is 14.3. The number of thiophene rings is 1. The Hall–Kier alpha value is -1.36. The van der Waals surface area contributed by atoms with Crippen molar-refractivity contribution >= 4 is 45.1 Å². The number of benzene rings is 1. The molecule has 2 aromatic rings. The third-order valence-electron chi connectivity index (χ3n) is 3.87. The molecule has 0 spiro atoms. The standard InChI is InChI=1S/C17H18ClNO2S/c1-3-21-16(20)7-6-14-12-10-19(2)9-8-11-13(18)4-5-15(22-14)17(11)12/h4-7H,3,8-10H2,1-2H3/b7-6+. The molecule has 0 saturated heterocycles. The molecule has 0 aliphatic carbocycles. The molecule has 22 heavy (non-hydrogen) atoms. The Balaban J connectivity index is 2.10. The predicted octanol–water partition coefficient (Wildman–Crippen LogP) is 4.12. The zero-order valence-electron chi connectivity index (χ0n) is 12.7. The summed E-state index contributed by atoms with van der Waals surface area (Å²) in [7, 11) is 2.11. The van der Waals surface area contributed by atoms with Crippen LogP contribution in [0.15, 0.2) is 18.2 Å². The number of esters is 1. The highest BCUT2D eigenvalue weighted by molar-refractivity contribution is 7.20. The third-order valence-corrected chi connectivity index (χ3v) is 5.38. The lowest BCUT2D eigenvalue weighted by Gasteiger charge is -2.13. The molecular formula is C17H18ClNO2S. The van der Waals surface area contributed by atoms with Crippen LogP contribution in [0.4, 0.5) is 0 Å². The van der Waals surface area contributed by atoms with Crippen LogP contribution in [0.5, 0.6) is 0 Å². The van der Waals surface area contributed by atoms with E-state index in [2.05, 4.69) is 18.0 Å². The number of carbonyl (C=O) groups excluding carboxylic acids is 1. The average molecular weight is 336 g/mol. The average Bonchev–Trinajstić information content (AvgIpc) is 2.71. The fraction of sp³-hybridized carbons (Fsp3) is 0.353. The normalized spacial score (nSPS) is 15.4. The second-order valence-electron chi connectivity index (χ2n) is 5.42. The molecule has 3 rings (SSSR count). The van der Waals surface area contributed by atoms with Gasteiger partial charge in [-0.25, -0.2) is 4.79 Å². The minimum absolute atomic E-state index is 0.299. The molecule has 5 heteroatoms. The van der Waals surface area contributed by atoms with Gasteiger partial charge in [0.25, 0.3) is 0 Å². The van der Waals surface area contributed by atoms with Crippen LogP contribution in [0.3, 0.4) is 0 Å². The maximum absolute atomic E-state index is 11.6. The van der Waals surface area contributed by atoms with Gasteiger partial charge in [0.15, 0.2) is 0 Å². The number of likely N-dealkylation sites (N-methyl/N-ethyl adjacent to an activating group) is 1. The first kappa shape index (κ1) is 15.5. The largest absolute Gasteiger partial charge is 0.463 e. The Labute approximate surface area is 139 Å². The van der Waals surface area contributed by atoms with Crippen LogP contribution in [0.25, 0.3) is 16.2 Å². The summed E-state index contributed by atoms with van der Waals surface area (Å²) < 4.78 is 6.19. The van der Waals surface area contributed by atoms with Crippen molar-refractivity contribution in [3.63, 3.8) is 0 Å². The molecule has 2 heterocycles. The third kappa shape index (κ3) is 2.91. The van der Waals surface area contributed by atoms with Crippen molar-refractivity contribution in [2.24, 2.45) is 0 Å². The summed E-state index contributed by atoms with van der Waals surface area (Å²) in [5.74, 6) is -0.299. The summed E-state index contributed by atoms with van der Waals surface area (Å²) in [6.45, 7) is 4.06. The van der Waals surface area contributed by atoms with E-state index >= 15 is 0 Å². The number of halogens is 1. The first-order valence-corrected chi connectivity index (χ1v) is 8.55. The number of carbonyl (C=O) groups is 1. The van der Waals surface area contributed by atoms with E-state index in [-0.39, 0.29) is 5.97 Å². The molecule has 0 N–H and O–H groups in total. The molecular weight excluding hydrogens is 318 g/mol. The van der Waals surface area contributed by atoms with Crippen molar-refractivity contribution in [2.75, 3.05) is 20.2 Å². The van der Waals surface area contributed by atoms with E-state index < -0.39 is 0 Å².